The number of benzene rings is 1. The summed E-state index contributed by atoms with van der Waals surface area (Å²) in [6.45, 7) is 0. The minimum Gasteiger partial charge on any atom is -0.496 e. The van der Waals surface area contributed by atoms with Gasteiger partial charge in [0.2, 0.25) is 0 Å². The predicted molar refractivity (Wildman–Crippen MR) is 52.6 cm³/mol. The SMILES string of the molecule is COc1ccc(F)cc1[C@H](N)C1CC1. The number of rotatable bonds is 3. The summed E-state index contributed by atoms with van der Waals surface area (Å²) in [6.07, 6.45) is 2.28. The summed E-state index contributed by atoms with van der Waals surface area (Å²) in [4.78, 5) is 0. The van der Waals surface area contributed by atoms with E-state index in [0.717, 1.165) is 18.4 Å². The molecule has 1 aliphatic carbocycles. The Morgan fingerprint density at radius 3 is 2.79 bits per heavy atom. The van der Waals surface area contributed by atoms with E-state index in [1.54, 1.807) is 13.2 Å². The number of ether oxygens (including phenoxy) is 1. The van der Waals surface area contributed by atoms with Gasteiger partial charge in [-0.1, -0.05) is 0 Å². The van der Waals surface area contributed by atoms with Crippen molar-refractivity contribution in [2.45, 2.75) is 18.9 Å². The molecule has 1 aromatic rings. The lowest BCUT2D eigenvalue weighted by molar-refractivity contribution is 0.401. The van der Waals surface area contributed by atoms with E-state index in [9.17, 15) is 4.39 Å². The van der Waals surface area contributed by atoms with Crippen LogP contribution in [0.1, 0.15) is 24.4 Å². The average molecular weight is 195 g/mol. The van der Waals surface area contributed by atoms with Gasteiger partial charge in [-0.2, -0.15) is 0 Å². The van der Waals surface area contributed by atoms with Gasteiger partial charge >= 0.3 is 0 Å². The topological polar surface area (TPSA) is 35.2 Å². The van der Waals surface area contributed by atoms with Gasteiger partial charge in [-0.25, -0.2) is 4.39 Å². The Morgan fingerprint density at radius 2 is 2.21 bits per heavy atom. The molecule has 1 aliphatic rings. The molecule has 0 aromatic heterocycles. The third-order valence-electron chi connectivity index (χ3n) is 2.68. The van der Waals surface area contributed by atoms with Gasteiger partial charge in [0.1, 0.15) is 11.6 Å². The maximum atomic E-state index is 13.0. The smallest absolute Gasteiger partial charge is 0.123 e. The molecule has 76 valence electrons. The Balaban J connectivity index is 2.32. The molecule has 0 amide bonds. The molecular formula is C11H14FNO. The summed E-state index contributed by atoms with van der Waals surface area (Å²) in [5.74, 6) is 0.938. The van der Waals surface area contributed by atoms with Crippen LogP contribution in [-0.2, 0) is 0 Å². The minimum absolute atomic E-state index is 0.0827. The molecule has 1 atom stereocenters. The van der Waals surface area contributed by atoms with Gasteiger partial charge in [0, 0.05) is 11.6 Å². The van der Waals surface area contributed by atoms with Crippen molar-refractivity contribution in [3.63, 3.8) is 0 Å². The zero-order chi connectivity index (χ0) is 10.1. The quantitative estimate of drug-likeness (QED) is 0.802. The normalized spacial score (nSPS) is 17.9. The number of halogens is 1. The standard InChI is InChI=1S/C11H14FNO/c1-14-10-5-4-8(12)6-9(10)11(13)7-2-3-7/h4-7,11H,2-3,13H2,1H3/t11-/m1/s1. The van der Waals surface area contributed by atoms with Gasteiger partial charge < -0.3 is 10.5 Å². The lowest BCUT2D eigenvalue weighted by Gasteiger charge is -2.14. The van der Waals surface area contributed by atoms with Crippen molar-refractivity contribution in [3.8, 4) is 5.75 Å². The van der Waals surface area contributed by atoms with Crippen LogP contribution < -0.4 is 10.5 Å². The van der Waals surface area contributed by atoms with Crippen LogP contribution in [0.2, 0.25) is 0 Å². The van der Waals surface area contributed by atoms with E-state index in [1.165, 1.54) is 12.1 Å². The van der Waals surface area contributed by atoms with Gasteiger partial charge in [0.05, 0.1) is 7.11 Å². The third kappa shape index (κ3) is 1.73. The van der Waals surface area contributed by atoms with Crippen molar-refractivity contribution in [2.75, 3.05) is 7.11 Å². The molecule has 2 rings (SSSR count). The number of nitrogens with two attached hydrogens (primary N) is 1. The zero-order valence-electron chi connectivity index (χ0n) is 8.16. The highest BCUT2D eigenvalue weighted by atomic mass is 19.1. The summed E-state index contributed by atoms with van der Waals surface area (Å²) >= 11 is 0. The van der Waals surface area contributed by atoms with Crippen LogP contribution in [0.15, 0.2) is 18.2 Å². The molecule has 1 aromatic carbocycles. The second-order valence-electron chi connectivity index (χ2n) is 3.75. The Labute approximate surface area is 82.9 Å². The molecule has 2 nitrogen and oxygen atoms in total. The number of methoxy groups -OCH3 is 1. The molecule has 0 radical (unpaired) electrons. The van der Waals surface area contributed by atoms with Crippen molar-refractivity contribution >= 4 is 0 Å². The lowest BCUT2D eigenvalue weighted by atomic mass is 10.0. The number of hydrogen-bond acceptors (Lipinski definition) is 2. The van der Waals surface area contributed by atoms with Crippen LogP contribution in [0, 0.1) is 11.7 Å². The highest BCUT2D eigenvalue weighted by molar-refractivity contribution is 5.37. The maximum Gasteiger partial charge on any atom is 0.123 e. The fourth-order valence-electron chi connectivity index (χ4n) is 1.67. The van der Waals surface area contributed by atoms with Crippen LogP contribution in [0.25, 0.3) is 0 Å². The molecular weight excluding hydrogens is 181 g/mol. The van der Waals surface area contributed by atoms with Gasteiger partial charge in [0.25, 0.3) is 0 Å². The first-order valence-electron chi connectivity index (χ1n) is 4.81. The van der Waals surface area contributed by atoms with Gasteiger partial charge in [0.15, 0.2) is 0 Å². The van der Waals surface area contributed by atoms with Crippen LogP contribution in [0.3, 0.4) is 0 Å². The summed E-state index contributed by atoms with van der Waals surface area (Å²) in [5.41, 5.74) is 6.79. The van der Waals surface area contributed by atoms with Crippen LogP contribution in [0.5, 0.6) is 5.75 Å². The third-order valence-corrected chi connectivity index (χ3v) is 2.68. The molecule has 1 saturated carbocycles. The van der Waals surface area contributed by atoms with Crippen LogP contribution in [0.4, 0.5) is 4.39 Å². The monoisotopic (exact) mass is 195 g/mol. The van der Waals surface area contributed by atoms with Crippen molar-refractivity contribution in [3.05, 3.63) is 29.6 Å². The maximum absolute atomic E-state index is 13.0. The van der Waals surface area contributed by atoms with E-state index in [4.69, 9.17) is 10.5 Å². The molecule has 0 saturated heterocycles. The van der Waals surface area contributed by atoms with E-state index >= 15 is 0 Å². The van der Waals surface area contributed by atoms with Crippen molar-refractivity contribution in [1.82, 2.24) is 0 Å². The first kappa shape index (κ1) is 9.46. The molecule has 1 fully saturated rings. The van der Waals surface area contributed by atoms with E-state index in [0.29, 0.717) is 11.7 Å². The summed E-state index contributed by atoms with van der Waals surface area (Å²) in [7, 11) is 1.58. The molecule has 0 spiro atoms. The largest absolute Gasteiger partial charge is 0.496 e. The van der Waals surface area contributed by atoms with Crippen molar-refractivity contribution in [2.24, 2.45) is 11.7 Å². The van der Waals surface area contributed by atoms with Crippen LogP contribution in [-0.4, -0.2) is 7.11 Å². The summed E-state index contributed by atoms with van der Waals surface area (Å²) in [6, 6.07) is 4.41. The minimum atomic E-state index is -0.253. The molecule has 2 N–H and O–H groups in total. The van der Waals surface area contributed by atoms with Crippen LogP contribution >= 0.6 is 0 Å². The molecule has 0 bridgehead atoms. The first-order chi connectivity index (χ1) is 6.72. The van der Waals surface area contributed by atoms with E-state index in [1.807, 2.05) is 0 Å². The number of hydrogen-bond donors (Lipinski definition) is 1. The average Bonchev–Trinajstić information content (AvgIpc) is 3.00. The van der Waals surface area contributed by atoms with E-state index in [-0.39, 0.29) is 11.9 Å². The van der Waals surface area contributed by atoms with Crippen molar-refractivity contribution < 1.29 is 9.13 Å². The highest BCUT2D eigenvalue weighted by Gasteiger charge is 2.31. The molecule has 0 heterocycles. The van der Waals surface area contributed by atoms with Gasteiger partial charge in [-0.05, 0) is 37.0 Å². The zero-order valence-corrected chi connectivity index (χ0v) is 8.16. The summed E-state index contributed by atoms with van der Waals surface area (Å²) < 4.78 is 18.2. The van der Waals surface area contributed by atoms with Crippen molar-refractivity contribution in [1.29, 1.82) is 0 Å². The fraction of sp³-hybridized carbons (Fsp3) is 0.455. The molecule has 0 aliphatic heterocycles. The second kappa shape index (κ2) is 3.58. The summed E-state index contributed by atoms with van der Waals surface area (Å²) in [5, 5.41) is 0. The van der Waals surface area contributed by atoms with Gasteiger partial charge in [-0.15, -0.1) is 0 Å². The fourth-order valence-corrected chi connectivity index (χ4v) is 1.67. The van der Waals surface area contributed by atoms with E-state index in [2.05, 4.69) is 0 Å². The lowest BCUT2D eigenvalue weighted by Crippen LogP contribution is -2.13. The van der Waals surface area contributed by atoms with Gasteiger partial charge in [-0.3, -0.25) is 0 Å². The Kier molecular flexibility index (Phi) is 2.42. The molecule has 0 unspecified atom stereocenters. The Bertz CT molecular complexity index is 336. The Morgan fingerprint density at radius 1 is 1.50 bits per heavy atom. The molecule has 3 heteroatoms. The first-order valence-corrected chi connectivity index (χ1v) is 4.81. The Hall–Kier alpha value is -1.09. The highest BCUT2D eigenvalue weighted by Crippen LogP contribution is 2.42. The molecule has 14 heavy (non-hydrogen) atoms. The van der Waals surface area contributed by atoms with E-state index < -0.39 is 0 Å². The second-order valence-corrected chi connectivity index (χ2v) is 3.75. The predicted octanol–water partition coefficient (Wildman–Crippen LogP) is 2.24.